The summed E-state index contributed by atoms with van der Waals surface area (Å²) >= 11 is 5.94. The number of carboxylic acids is 1. The summed E-state index contributed by atoms with van der Waals surface area (Å²) in [6, 6.07) is 3.16. The molecule has 17 heavy (non-hydrogen) atoms. The molecule has 2 rings (SSSR count). The zero-order valence-corrected chi connectivity index (χ0v) is 9.86. The Morgan fingerprint density at radius 2 is 2.29 bits per heavy atom. The Hall–Kier alpha value is -1.46. The fourth-order valence-electron chi connectivity index (χ4n) is 1.96. The summed E-state index contributed by atoms with van der Waals surface area (Å²) in [4.78, 5) is 11.1. The maximum Gasteiger partial charge on any atom is 0.311 e. The van der Waals surface area contributed by atoms with Crippen LogP contribution in [0.5, 0.6) is 5.75 Å². The average molecular weight is 258 g/mol. The van der Waals surface area contributed by atoms with Gasteiger partial charge in [0.2, 0.25) is 0 Å². The lowest BCUT2D eigenvalue weighted by Crippen LogP contribution is -2.31. The van der Waals surface area contributed by atoms with Crippen molar-refractivity contribution < 1.29 is 19.7 Å². The van der Waals surface area contributed by atoms with Gasteiger partial charge < -0.3 is 20.3 Å². The number of ether oxygens (including phenoxy) is 1. The first-order valence-electron chi connectivity index (χ1n) is 5.07. The molecule has 0 spiro atoms. The van der Waals surface area contributed by atoms with E-state index in [0.29, 0.717) is 22.0 Å². The zero-order valence-electron chi connectivity index (χ0n) is 9.11. The van der Waals surface area contributed by atoms with E-state index >= 15 is 0 Å². The molecule has 1 heterocycles. The summed E-state index contributed by atoms with van der Waals surface area (Å²) in [6.45, 7) is 0. The molecule has 2 atom stereocenters. The monoisotopic (exact) mass is 257 g/mol. The maximum atomic E-state index is 11.1. The van der Waals surface area contributed by atoms with Crippen LogP contribution in [0.15, 0.2) is 12.1 Å². The van der Waals surface area contributed by atoms with Crippen molar-refractivity contribution in [2.45, 2.75) is 18.6 Å². The number of hydrogen-bond acceptors (Lipinski definition) is 4. The summed E-state index contributed by atoms with van der Waals surface area (Å²) in [7, 11) is 1.47. The van der Waals surface area contributed by atoms with Crippen molar-refractivity contribution in [3.63, 3.8) is 0 Å². The number of aliphatic hydroxyl groups excluding tert-OH is 1. The Labute approximate surface area is 103 Å². The quantitative estimate of drug-likeness (QED) is 0.751. The van der Waals surface area contributed by atoms with E-state index in [9.17, 15) is 9.90 Å². The predicted molar refractivity (Wildman–Crippen MR) is 62.6 cm³/mol. The third kappa shape index (κ3) is 2.16. The van der Waals surface area contributed by atoms with E-state index in [1.807, 2.05) is 0 Å². The second-order valence-corrected chi connectivity index (χ2v) is 4.27. The molecule has 0 fully saturated rings. The molecule has 0 radical (unpaired) electrons. The summed E-state index contributed by atoms with van der Waals surface area (Å²) in [5.41, 5.74) is 1.10. The molecular weight excluding hydrogens is 246 g/mol. The second-order valence-electron chi connectivity index (χ2n) is 3.86. The molecule has 1 aliphatic heterocycles. The van der Waals surface area contributed by atoms with Gasteiger partial charge >= 0.3 is 5.97 Å². The third-order valence-electron chi connectivity index (χ3n) is 2.78. The fraction of sp³-hybridized carbons (Fsp3) is 0.364. The van der Waals surface area contributed by atoms with Crippen molar-refractivity contribution in [1.82, 2.24) is 0 Å². The number of halogens is 1. The van der Waals surface area contributed by atoms with E-state index in [4.69, 9.17) is 21.4 Å². The van der Waals surface area contributed by atoms with E-state index in [0.717, 1.165) is 0 Å². The normalized spacial score (nSPS) is 22.5. The second kappa shape index (κ2) is 4.43. The Kier molecular flexibility index (Phi) is 3.13. The molecule has 2 unspecified atom stereocenters. The van der Waals surface area contributed by atoms with Crippen molar-refractivity contribution in [3.8, 4) is 5.75 Å². The first kappa shape index (κ1) is 12.0. The minimum Gasteiger partial charge on any atom is -0.495 e. The van der Waals surface area contributed by atoms with Crippen LogP contribution in [0.3, 0.4) is 0 Å². The van der Waals surface area contributed by atoms with E-state index in [2.05, 4.69) is 5.32 Å². The maximum absolute atomic E-state index is 11.1. The Morgan fingerprint density at radius 1 is 1.59 bits per heavy atom. The van der Waals surface area contributed by atoms with Gasteiger partial charge in [-0.3, -0.25) is 4.79 Å². The third-order valence-corrected chi connectivity index (χ3v) is 3.07. The van der Waals surface area contributed by atoms with Gasteiger partial charge in [-0.1, -0.05) is 11.6 Å². The highest BCUT2D eigenvalue weighted by Gasteiger charge is 2.31. The van der Waals surface area contributed by atoms with Crippen molar-refractivity contribution >= 4 is 23.3 Å². The molecule has 0 aromatic heterocycles. The van der Waals surface area contributed by atoms with Crippen LogP contribution in [-0.2, 0) is 4.79 Å². The molecule has 1 aliphatic rings. The Balaban J connectivity index is 2.52. The number of carbonyl (C=O) groups is 1. The number of nitrogens with one attached hydrogen (secondary N) is 1. The van der Waals surface area contributed by atoms with Crippen molar-refractivity contribution in [1.29, 1.82) is 0 Å². The smallest absolute Gasteiger partial charge is 0.311 e. The van der Waals surface area contributed by atoms with Gasteiger partial charge in [0.25, 0.3) is 0 Å². The standard InChI is InChI=1S/C11H12ClNO4/c1-17-9-2-5-6(11(15)16)3-10(14)13-8(5)4-7(9)12/h2,4,6,10,13-14H,3H2,1H3,(H,15,16). The largest absolute Gasteiger partial charge is 0.495 e. The molecule has 0 saturated heterocycles. The first-order chi connectivity index (χ1) is 8.02. The average Bonchev–Trinajstić information content (AvgIpc) is 2.26. The molecule has 0 amide bonds. The molecule has 3 N–H and O–H groups in total. The van der Waals surface area contributed by atoms with Crippen LogP contribution in [0.2, 0.25) is 5.02 Å². The van der Waals surface area contributed by atoms with Gasteiger partial charge in [0, 0.05) is 12.1 Å². The number of fused-ring (bicyclic) bond motifs is 1. The molecule has 0 saturated carbocycles. The summed E-state index contributed by atoms with van der Waals surface area (Å²) in [5, 5.41) is 21.8. The number of methoxy groups -OCH3 is 1. The van der Waals surface area contributed by atoms with Crippen molar-refractivity contribution in [2.75, 3.05) is 12.4 Å². The molecule has 1 aromatic rings. The van der Waals surface area contributed by atoms with Gasteiger partial charge in [-0.25, -0.2) is 0 Å². The SMILES string of the molecule is COc1cc2c(cc1Cl)NC(O)CC2C(=O)O. The Bertz CT molecular complexity index is 463. The predicted octanol–water partition coefficient (Wildman–Crippen LogP) is 1.65. The van der Waals surface area contributed by atoms with E-state index in [1.54, 1.807) is 12.1 Å². The molecule has 6 heteroatoms. The van der Waals surface area contributed by atoms with E-state index in [-0.39, 0.29) is 6.42 Å². The first-order valence-corrected chi connectivity index (χ1v) is 5.45. The minimum absolute atomic E-state index is 0.118. The lowest BCUT2D eigenvalue weighted by atomic mass is 9.90. The van der Waals surface area contributed by atoms with Gasteiger partial charge in [0.15, 0.2) is 0 Å². The highest BCUT2D eigenvalue weighted by molar-refractivity contribution is 6.32. The number of rotatable bonds is 2. The van der Waals surface area contributed by atoms with Gasteiger partial charge in [-0.2, -0.15) is 0 Å². The lowest BCUT2D eigenvalue weighted by Gasteiger charge is -2.28. The van der Waals surface area contributed by atoms with Crippen LogP contribution < -0.4 is 10.1 Å². The fourth-order valence-corrected chi connectivity index (χ4v) is 2.20. The van der Waals surface area contributed by atoms with Crippen molar-refractivity contribution in [2.24, 2.45) is 0 Å². The highest BCUT2D eigenvalue weighted by Crippen LogP contribution is 2.39. The van der Waals surface area contributed by atoms with Crippen LogP contribution in [0.1, 0.15) is 17.9 Å². The van der Waals surface area contributed by atoms with Crippen LogP contribution in [-0.4, -0.2) is 29.5 Å². The Morgan fingerprint density at radius 3 is 2.88 bits per heavy atom. The minimum atomic E-state index is -0.976. The van der Waals surface area contributed by atoms with Crippen LogP contribution >= 0.6 is 11.6 Å². The van der Waals surface area contributed by atoms with Crippen LogP contribution in [0.25, 0.3) is 0 Å². The molecular formula is C11H12ClNO4. The lowest BCUT2D eigenvalue weighted by molar-refractivity contribution is -0.139. The molecule has 0 aliphatic carbocycles. The summed E-state index contributed by atoms with van der Waals surface area (Å²) in [6.07, 6.45) is -0.763. The highest BCUT2D eigenvalue weighted by atomic mass is 35.5. The molecule has 92 valence electrons. The van der Waals surface area contributed by atoms with Crippen LogP contribution in [0.4, 0.5) is 5.69 Å². The van der Waals surface area contributed by atoms with Crippen LogP contribution in [0, 0.1) is 0 Å². The van der Waals surface area contributed by atoms with Gasteiger partial charge in [-0.05, 0) is 17.7 Å². The van der Waals surface area contributed by atoms with Crippen molar-refractivity contribution in [3.05, 3.63) is 22.7 Å². The number of aliphatic hydroxyl groups is 1. The zero-order chi connectivity index (χ0) is 12.6. The number of anilines is 1. The summed E-state index contributed by atoms with van der Waals surface area (Å²) in [5.74, 6) is -1.31. The van der Waals surface area contributed by atoms with E-state index in [1.165, 1.54) is 7.11 Å². The topological polar surface area (TPSA) is 78.8 Å². The van der Waals surface area contributed by atoms with Gasteiger partial charge in [0.1, 0.15) is 12.0 Å². The van der Waals surface area contributed by atoms with Gasteiger partial charge in [-0.15, -0.1) is 0 Å². The van der Waals surface area contributed by atoms with Gasteiger partial charge in [0.05, 0.1) is 18.1 Å². The number of aliphatic carboxylic acids is 1. The molecule has 0 bridgehead atoms. The number of benzene rings is 1. The number of hydrogen-bond donors (Lipinski definition) is 3. The molecule has 1 aromatic carbocycles. The summed E-state index contributed by atoms with van der Waals surface area (Å²) < 4.78 is 5.05. The number of carboxylic acid groups (broad SMARTS) is 1. The van der Waals surface area contributed by atoms with E-state index < -0.39 is 18.1 Å². The molecule has 5 nitrogen and oxygen atoms in total.